The van der Waals surface area contributed by atoms with Gasteiger partial charge in [-0.3, -0.25) is 19.3 Å². The van der Waals surface area contributed by atoms with E-state index in [2.05, 4.69) is 20.8 Å². The first-order chi connectivity index (χ1) is 18.3. The summed E-state index contributed by atoms with van der Waals surface area (Å²) in [5.74, 6) is 1.25. The van der Waals surface area contributed by atoms with Crippen LogP contribution >= 0.6 is 0 Å². The molecular weight excluding hydrogens is 502 g/mol. The van der Waals surface area contributed by atoms with E-state index in [1.165, 1.54) is 12.2 Å². The number of nitrogens with zero attached hydrogens (tertiary/aromatic N) is 1. The quantitative estimate of drug-likeness (QED) is 0.176. The van der Waals surface area contributed by atoms with E-state index in [-0.39, 0.29) is 13.2 Å². The van der Waals surface area contributed by atoms with Crippen molar-refractivity contribution in [3.05, 3.63) is 12.2 Å². The molecular formula is C30H49NO8. The highest BCUT2D eigenvalue weighted by Gasteiger charge is 2.52. The van der Waals surface area contributed by atoms with Crippen LogP contribution in [0, 0.1) is 35.0 Å². The number of rotatable bonds is 16. The van der Waals surface area contributed by atoms with Gasteiger partial charge < -0.3 is 24.1 Å². The Kier molecular flexibility index (Phi) is 10.8. The summed E-state index contributed by atoms with van der Waals surface area (Å²) >= 11 is 0. The van der Waals surface area contributed by atoms with E-state index in [0.717, 1.165) is 37.4 Å². The van der Waals surface area contributed by atoms with E-state index in [1.807, 2.05) is 0 Å². The molecule has 1 saturated carbocycles. The first kappa shape index (κ1) is 31.7. The molecule has 3 aliphatic rings. The predicted octanol–water partition coefficient (Wildman–Crippen LogP) is 3.38. The van der Waals surface area contributed by atoms with Crippen molar-refractivity contribution in [1.29, 1.82) is 0 Å². The fourth-order valence-corrected chi connectivity index (χ4v) is 6.20. The molecule has 9 nitrogen and oxygen atoms in total. The summed E-state index contributed by atoms with van der Waals surface area (Å²) in [5.41, 5.74) is -2.31. The van der Waals surface area contributed by atoms with Crippen LogP contribution in [0.2, 0.25) is 0 Å². The number of carbonyl (C=O) groups excluding carboxylic acids is 3. The van der Waals surface area contributed by atoms with Gasteiger partial charge in [0, 0.05) is 25.4 Å². The number of hydrogen-bond donors (Lipinski definition) is 1. The lowest BCUT2D eigenvalue weighted by Crippen LogP contribution is -2.59. The molecule has 1 aliphatic carbocycles. The number of amides is 2. The zero-order valence-electron chi connectivity index (χ0n) is 24.8. The molecule has 2 fully saturated rings. The lowest BCUT2D eigenvalue weighted by atomic mass is 9.73. The molecule has 7 unspecified atom stereocenters. The summed E-state index contributed by atoms with van der Waals surface area (Å²) < 4.78 is 22.4. The summed E-state index contributed by atoms with van der Waals surface area (Å²) in [4.78, 5) is 38.4. The first-order valence-electron chi connectivity index (χ1n) is 14.5. The SMILES string of the molecule is CCC(C(C)COCC1CO1)C1CC(COCC(O)COC(=O)C(C)(C)C(C)(C)N2C(=O)C=CC2=O)CC1C. The number of carbonyl (C=O) groups is 3. The van der Waals surface area contributed by atoms with Gasteiger partial charge in [0.2, 0.25) is 0 Å². The van der Waals surface area contributed by atoms with Crippen molar-refractivity contribution < 1.29 is 38.4 Å². The largest absolute Gasteiger partial charge is 0.462 e. The van der Waals surface area contributed by atoms with Gasteiger partial charge in [-0.1, -0.05) is 27.2 Å². The second-order valence-corrected chi connectivity index (χ2v) is 12.8. The fourth-order valence-electron chi connectivity index (χ4n) is 6.20. The monoisotopic (exact) mass is 551 g/mol. The number of aliphatic hydroxyl groups is 1. The lowest BCUT2D eigenvalue weighted by molar-refractivity contribution is -0.169. The number of ether oxygens (including phenoxy) is 4. The fraction of sp³-hybridized carbons (Fsp3) is 0.833. The molecule has 39 heavy (non-hydrogen) atoms. The van der Waals surface area contributed by atoms with Crippen LogP contribution in [-0.4, -0.2) is 85.2 Å². The van der Waals surface area contributed by atoms with Gasteiger partial charge in [0.15, 0.2) is 0 Å². The van der Waals surface area contributed by atoms with Crippen LogP contribution in [0.25, 0.3) is 0 Å². The molecule has 2 aliphatic heterocycles. The third-order valence-corrected chi connectivity index (χ3v) is 9.36. The smallest absolute Gasteiger partial charge is 0.313 e. The van der Waals surface area contributed by atoms with Crippen molar-refractivity contribution in [1.82, 2.24) is 4.90 Å². The molecule has 0 aromatic rings. The van der Waals surface area contributed by atoms with E-state index < -0.39 is 34.8 Å². The highest BCUT2D eigenvalue weighted by molar-refractivity contribution is 6.13. The summed E-state index contributed by atoms with van der Waals surface area (Å²) in [6, 6.07) is 0. The first-order valence-corrected chi connectivity index (χ1v) is 14.5. The minimum Gasteiger partial charge on any atom is -0.462 e. The van der Waals surface area contributed by atoms with Crippen LogP contribution in [0.3, 0.4) is 0 Å². The third kappa shape index (κ3) is 7.69. The zero-order chi connectivity index (χ0) is 29.0. The number of imide groups is 1. The van der Waals surface area contributed by atoms with Crippen molar-refractivity contribution in [2.45, 2.75) is 85.5 Å². The van der Waals surface area contributed by atoms with E-state index in [0.29, 0.717) is 48.9 Å². The molecule has 2 heterocycles. The van der Waals surface area contributed by atoms with Crippen molar-refractivity contribution >= 4 is 17.8 Å². The van der Waals surface area contributed by atoms with Gasteiger partial charge in [0.1, 0.15) is 18.8 Å². The van der Waals surface area contributed by atoms with Crippen LogP contribution < -0.4 is 0 Å². The summed E-state index contributed by atoms with van der Waals surface area (Å²) in [6.07, 6.45) is 5.06. The Bertz CT molecular complexity index is 877. The third-order valence-electron chi connectivity index (χ3n) is 9.36. The minimum atomic E-state index is -1.19. The van der Waals surface area contributed by atoms with E-state index >= 15 is 0 Å². The van der Waals surface area contributed by atoms with Crippen LogP contribution in [-0.2, 0) is 33.3 Å². The van der Waals surface area contributed by atoms with Crippen LogP contribution in [0.1, 0.15) is 67.7 Å². The lowest BCUT2D eigenvalue weighted by Gasteiger charge is -2.44. The Morgan fingerprint density at radius 2 is 1.69 bits per heavy atom. The molecule has 0 aromatic carbocycles. The molecule has 9 heteroatoms. The predicted molar refractivity (Wildman–Crippen MR) is 146 cm³/mol. The van der Waals surface area contributed by atoms with Gasteiger partial charge in [0.25, 0.3) is 11.8 Å². The molecule has 2 amide bonds. The zero-order valence-corrected chi connectivity index (χ0v) is 24.8. The second-order valence-electron chi connectivity index (χ2n) is 12.8. The average molecular weight is 552 g/mol. The van der Waals surface area contributed by atoms with Crippen LogP contribution in [0.4, 0.5) is 0 Å². The highest BCUT2D eigenvalue weighted by Crippen LogP contribution is 2.44. The average Bonchev–Trinajstić information content (AvgIpc) is 3.53. The van der Waals surface area contributed by atoms with E-state index in [9.17, 15) is 19.5 Å². The highest BCUT2D eigenvalue weighted by atomic mass is 16.6. The van der Waals surface area contributed by atoms with Gasteiger partial charge in [0.05, 0.1) is 30.8 Å². The molecule has 0 bridgehead atoms. The normalized spacial score (nSPS) is 27.6. The van der Waals surface area contributed by atoms with Crippen molar-refractivity contribution in [3.63, 3.8) is 0 Å². The van der Waals surface area contributed by atoms with Crippen molar-refractivity contribution in [3.8, 4) is 0 Å². The molecule has 3 rings (SSSR count). The van der Waals surface area contributed by atoms with Crippen molar-refractivity contribution in [2.75, 3.05) is 39.6 Å². The standard InChI is InChI=1S/C30H49NO8/c1-8-24(20(3)13-36-17-23-18-38-23)25-12-21(11-19(25)2)14-37-15-22(32)16-39-28(35)29(4,5)30(6,7)31-26(33)9-10-27(31)34/h9-10,19-25,32H,8,11-18H2,1-7H3. The van der Waals surface area contributed by atoms with Gasteiger partial charge in [-0.15, -0.1) is 0 Å². The molecule has 0 radical (unpaired) electrons. The van der Waals surface area contributed by atoms with Gasteiger partial charge in [-0.2, -0.15) is 0 Å². The second kappa shape index (κ2) is 13.2. The number of hydrogen-bond acceptors (Lipinski definition) is 8. The number of aliphatic hydroxyl groups excluding tert-OH is 1. The Balaban J connectivity index is 1.39. The molecule has 222 valence electrons. The Morgan fingerprint density at radius 1 is 1.08 bits per heavy atom. The Morgan fingerprint density at radius 3 is 2.28 bits per heavy atom. The maximum atomic E-state index is 12.9. The summed E-state index contributed by atoms with van der Waals surface area (Å²) in [5, 5.41) is 10.4. The minimum absolute atomic E-state index is 0.0738. The van der Waals surface area contributed by atoms with Gasteiger partial charge in [-0.05, 0) is 70.1 Å². The maximum Gasteiger partial charge on any atom is 0.313 e. The van der Waals surface area contributed by atoms with E-state index in [4.69, 9.17) is 18.9 Å². The van der Waals surface area contributed by atoms with Crippen LogP contribution in [0.5, 0.6) is 0 Å². The molecule has 1 N–H and O–H groups in total. The van der Waals surface area contributed by atoms with E-state index in [1.54, 1.807) is 27.7 Å². The Labute approximate surface area is 233 Å². The summed E-state index contributed by atoms with van der Waals surface area (Å²) in [7, 11) is 0. The van der Waals surface area contributed by atoms with Crippen molar-refractivity contribution in [2.24, 2.45) is 35.0 Å². The molecule has 0 aromatic heterocycles. The topological polar surface area (TPSA) is 115 Å². The number of esters is 1. The van der Waals surface area contributed by atoms with Gasteiger partial charge >= 0.3 is 5.97 Å². The molecule has 1 saturated heterocycles. The summed E-state index contributed by atoms with van der Waals surface area (Å²) in [6.45, 7) is 16.2. The van der Waals surface area contributed by atoms with Gasteiger partial charge in [-0.25, -0.2) is 0 Å². The van der Waals surface area contributed by atoms with Crippen LogP contribution in [0.15, 0.2) is 12.2 Å². The Hall–Kier alpha value is -1.81. The number of epoxide rings is 1. The molecule has 0 spiro atoms. The molecule has 7 atom stereocenters. The maximum absolute atomic E-state index is 12.9.